The molecule has 0 spiro atoms. The van der Waals surface area contributed by atoms with E-state index >= 15 is 0 Å². The summed E-state index contributed by atoms with van der Waals surface area (Å²) in [6.45, 7) is 2.81. The molecule has 0 radical (unpaired) electrons. The number of halogens is 1. The number of likely N-dealkylation sites (tertiary alicyclic amines) is 1. The number of rotatable bonds is 3. The van der Waals surface area contributed by atoms with Crippen molar-refractivity contribution in [3.05, 3.63) is 51.7 Å². The Morgan fingerprint density at radius 2 is 2.25 bits per heavy atom. The molecule has 0 bridgehead atoms. The molecule has 2 aliphatic rings. The number of amides is 1. The SMILES string of the molecule is Cc1csc(C2CCCCN2C(=O)C2CC2c2cccc(F)c2)n1. The number of hydrogen-bond acceptors (Lipinski definition) is 3. The van der Waals surface area contributed by atoms with Crippen molar-refractivity contribution in [2.24, 2.45) is 5.92 Å². The lowest BCUT2D eigenvalue weighted by Crippen LogP contribution is -2.39. The van der Waals surface area contributed by atoms with Crippen LogP contribution in [0.1, 0.15) is 53.9 Å². The Bertz CT molecular complexity index is 759. The Morgan fingerprint density at radius 1 is 1.38 bits per heavy atom. The van der Waals surface area contributed by atoms with E-state index in [1.54, 1.807) is 23.5 Å². The predicted molar refractivity (Wildman–Crippen MR) is 92.4 cm³/mol. The number of hydrogen-bond donors (Lipinski definition) is 0. The monoisotopic (exact) mass is 344 g/mol. The number of aromatic nitrogens is 1. The summed E-state index contributed by atoms with van der Waals surface area (Å²) in [6.07, 6.45) is 4.04. The van der Waals surface area contributed by atoms with E-state index in [0.717, 1.165) is 48.5 Å². The van der Waals surface area contributed by atoms with Crippen LogP contribution in [0.3, 0.4) is 0 Å². The van der Waals surface area contributed by atoms with E-state index < -0.39 is 0 Å². The topological polar surface area (TPSA) is 33.2 Å². The van der Waals surface area contributed by atoms with Crippen LogP contribution < -0.4 is 0 Å². The zero-order chi connectivity index (χ0) is 16.7. The van der Waals surface area contributed by atoms with Crippen LogP contribution in [0.25, 0.3) is 0 Å². The molecular weight excluding hydrogens is 323 g/mol. The number of carbonyl (C=O) groups is 1. The number of piperidine rings is 1. The van der Waals surface area contributed by atoms with Gasteiger partial charge in [-0.25, -0.2) is 9.37 Å². The van der Waals surface area contributed by atoms with Crippen molar-refractivity contribution in [1.29, 1.82) is 0 Å². The fourth-order valence-electron chi connectivity index (χ4n) is 3.76. The second-order valence-corrected chi connectivity index (χ2v) is 7.76. The molecule has 5 heteroatoms. The maximum absolute atomic E-state index is 13.4. The molecule has 3 unspecified atom stereocenters. The quantitative estimate of drug-likeness (QED) is 0.824. The maximum Gasteiger partial charge on any atom is 0.226 e. The van der Waals surface area contributed by atoms with Gasteiger partial charge in [0.2, 0.25) is 5.91 Å². The zero-order valence-electron chi connectivity index (χ0n) is 13.7. The first-order chi connectivity index (χ1) is 11.6. The highest BCUT2D eigenvalue weighted by atomic mass is 32.1. The van der Waals surface area contributed by atoms with Crippen molar-refractivity contribution in [2.45, 2.75) is 44.6 Å². The molecule has 3 nitrogen and oxygen atoms in total. The van der Waals surface area contributed by atoms with Crippen LogP contribution in [-0.2, 0) is 4.79 Å². The molecular formula is C19H21FN2OS. The van der Waals surface area contributed by atoms with E-state index in [9.17, 15) is 9.18 Å². The Balaban J connectivity index is 1.51. The smallest absolute Gasteiger partial charge is 0.226 e. The average molecular weight is 344 g/mol. The summed E-state index contributed by atoms with van der Waals surface area (Å²) in [5.41, 5.74) is 1.98. The third-order valence-electron chi connectivity index (χ3n) is 5.09. The summed E-state index contributed by atoms with van der Waals surface area (Å²) in [5, 5.41) is 3.11. The molecule has 1 saturated heterocycles. The number of nitrogens with zero attached hydrogens (tertiary/aromatic N) is 2. The molecule has 1 amide bonds. The van der Waals surface area contributed by atoms with Gasteiger partial charge in [-0.1, -0.05) is 12.1 Å². The fraction of sp³-hybridized carbons (Fsp3) is 0.474. The number of carbonyl (C=O) groups excluding carboxylic acids is 1. The number of aryl methyl sites for hydroxylation is 1. The van der Waals surface area contributed by atoms with Gasteiger partial charge < -0.3 is 4.90 Å². The highest BCUT2D eigenvalue weighted by molar-refractivity contribution is 7.09. The van der Waals surface area contributed by atoms with Crippen molar-refractivity contribution in [1.82, 2.24) is 9.88 Å². The summed E-state index contributed by atoms with van der Waals surface area (Å²) in [4.78, 5) is 19.7. The first-order valence-electron chi connectivity index (χ1n) is 8.61. The Labute approximate surface area is 145 Å². The van der Waals surface area contributed by atoms with Gasteiger partial charge in [-0.05, 0) is 56.2 Å². The van der Waals surface area contributed by atoms with Crippen LogP contribution in [0.5, 0.6) is 0 Å². The van der Waals surface area contributed by atoms with E-state index in [4.69, 9.17) is 0 Å². The average Bonchev–Trinajstić information content (AvgIpc) is 3.28. The number of thiazole rings is 1. The molecule has 1 aliphatic carbocycles. The molecule has 126 valence electrons. The lowest BCUT2D eigenvalue weighted by molar-refractivity contribution is -0.136. The minimum absolute atomic E-state index is 0.00783. The Morgan fingerprint density at radius 3 is 3.00 bits per heavy atom. The van der Waals surface area contributed by atoms with E-state index in [1.807, 2.05) is 17.9 Å². The molecule has 1 saturated carbocycles. The minimum atomic E-state index is -0.222. The molecule has 3 atom stereocenters. The minimum Gasteiger partial charge on any atom is -0.333 e. The highest BCUT2D eigenvalue weighted by Gasteiger charge is 2.47. The Kier molecular flexibility index (Phi) is 4.12. The first-order valence-corrected chi connectivity index (χ1v) is 9.49. The van der Waals surface area contributed by atoms with E-state index in [2.05, 4.69) is 10.4 Å². The van der Waals surface area contributed by atoms with E-state index in [-0.39, 0.29) is 29.6 Å². The molecule has 1 aromatic carbocycles. The van der Waals surface area contributed by atoms with Gasteiger partial charge in [0.15, 0.2) is 0 Å². The van der Waals surface area contributed by atoms with Gasteiger partial charge in [-0.2, -0.15) is 0 Å². The molecule has 2 aromatic rings. The Hall–Kier alpha value is -1.75. The third-order valence-corrected chi connectivity index (χ3v) is 6.16. The largest absolute Gasteiger partial charge is 0.333 e. The van der Waals surface area contributed by atoms with Gasteiger partial charge in [-0.3, -0.25) is 4.79 Å². The van der Waals surface area contributed by atoms with Crippen molar-refractivity contribution >= 4 is 17.2 Å². The second-order valence-electron chi connectivity index (χ2n) is 6.87. The molecule has 0 N–H and O–H groups in total. The molecule has 4 rings (SSSR count). The lowest BCUT2D eigenvalue weighted by Gasteiger charge is -2.35. The summed E-state index contributed by atoms with van der Waals surface area (Å²) < 4.78 is 13.4. The molecule has 1 aliphatic heterocycles. The van der Waals surface area contributed by atoms with Gasteiger partial charge in [-0.15, -0.1) is 11.3 Å². The van der Waals surface area contributed by atoms with E-state index in [1.165, 1.54) is 6.07 Å². The van der Waals surface area contributed by atoms with Gasteiger partial charge in [0.1, 0.15) is 10.8 Å². The van der Waals surface area contributed by atoms with Crippen LogP contribution in [0.2, 0.25) is 0 Å². The summed E-state index contributed by atoms with van der Waals surface area (Å²) in [6, 6.07) is 6.80. The summed E-state index contributed by atoms with van der Waals surface area (Å²) in [5.74, 6) is 0.184. The van der Waals surface area contributed by atoms with Crippen LogP contribution in [0.4, 0.5) is 4.39 Å². The maximum atomic E-state index is 13.4. The van der Waals surface area contributed by atoms with Crippen molar-refractivity contribution < 1.29 is 9.18 Å². The van der Waals surface area contributed by atoms with Gasteiger partial charge in [0, 0.05) is 23.5 Å². The predicted octanol–water partition coefficient (Wildman–Crippen LogP) is 4.45. The highest BCUT2D eigenvalue weighted by Crippen LogP contribution is 2.50. The standard InChI is InChI=1S/C19H21FN2OS/c1-12-11-24-18(21-12)17-7-2-3-8-22(17)19(23)16-10-15(16)13-5-4-6-14(20)9-13/h4-6,9,11,15-17H,2-3,7-8,10H2,1H3. The zero-order valence-corrected chi connectivity index (χ0v) is 14.6. The van der Waals surface area contributed by atoms with Crippen LogP contribution in [0, 0.1) is 18.7 Å². The molecule has 24 heavy (non-hydrogen) atoms. The van der Waals surface area contributed by atoms with Crippen molar-refractivity contribution in [3.8, 4) is 0 Å². The van der Waals surface area contributed by atoms with Gasteiger partial charge in [0.05, 0.1) is 6.04 Å². The van der Waals surface area contributed by atoms with Crippen molar-refractivity contribution in [2.75, 3.05) is 6.54 Å². The fourth-order valence-corrected chi connectivity index (χ4v) is 4.71. The third kappa shape index (κ3) is 2.97. The van der Waals surface area contributed by atoms with Crippen LogP contribution in [-0.4, -0.2) is 22.3 Å². The van der Waals surface area contributed by atoms with Crippen molar-refractivity contribution in [3.63, 3.8) is 0 Å². The lowest BCUT2D eigenvalue weighted by atomic mass is 10.0. The van der Waals surface area contributed by atoms with Gasteiger partial charge in [0.25, 0.3) is 0 Å². The van der Waals surface area contributed by atoms with Gasteiger partial charge >= 0.3 is 0 Å². The molecule has 2 fully saturated rings. The molecule has 1 aromatic heterocycles. The molecule has 2 heterocycles. The summed E-state index contributed by atoms with van der Waals surface area (Å²) in [7, 11) is 0. The second kappa shape index (κ2) is 6.28. The number of benzene rings is 1. The summed E-state index contributed by atoms with van der Waals surface area (Å²) >= 11 is 1.65. The van der Waals surface area contributed by atoms with Crippen LogP contribution >= 0.6 is 11.3 Å². The normalized spacial score (nSPS) is 26.4. The first kappa shape index (κ1) is 15.8. The van der Waals surface area contributed by atoms with Crippen LogP contribution in [0.15, 0.2) is 29.6 Å². The van der Waals surface area contributed by atoms with E-state index in [0.29, 0.717) is 0 Å².